The van der Waals surface area contributed by atoms with E-state index in [-0.39, 0.29) is 24.5 Å². The predicted octanol–water partition coefficient (Wildman–Crippen LogP) is 1.66. The number of nitrogens with zero attached hydrogens (tertiary/aromatic N) is 2. The number of β-amino-alcohol motifs (C(OH)–C–C–N with tert-alkyl or cyclic N) is 2. The van der Waals surface area contributed by atoms with E-state index in [0.29, 0.717) is 5.92 Å². The Balaban J connectivity index is 1.39. The summed E-state index contributed by atoms with van der Waals surface area (Å²) in [6.07, 6.45) is 0.873. The second kappa shape index (κ2) is 8.16. The predicted molar refractivity (Wildman–Crippen MR) is 111 cm³/mol. The maximum absolute atomic E-state index is 12.8. The molecule has 0 unspecified atom stereocenters. The molecule has 6 nitrogen and oxygen atoms in total. The number of aliphatic hydroxyl groups is 2. The highest BCUT2D eigenvalue weighted by molar-refractivity contribution is 7.89. The first-order valence-corrected chi connectivity index (χ1v) is 11.6. The number of aliphatic hydroxyl groups excluding tert-OH is 1. The van der Waals surface area contributed by atoms with Crippen molar-refractivity contribution >= 4 is 10.0 Å². The van der Waals surface area contributed by atoms with Crippen molar-refractivity contribution in [2.45, 2.75) is 35.4 Å². The van der Waals surface area contributed by atoms with Gasteiger partial charge in [-0.2, -0.15) is 4.31 Å². The van der Waals surface area contributed by atoms with Gasteiger partial charge in [-0.1, -0.05) is 48.5 Å². The van der Waals surface area contributed by atoms with Crippen molar-refractivity contribution in [2.75, 3.05) is 32.7 Å². The van der Waals surface area contributed by atoms with Crippen LogP contribution in [0, 0.1) is 0 Å². The van der Waals surface area contributed by atoms with Crippen molar-refractivity contribution in [2.24, 2.45) is 0 Å². The van der Waals surface area contributed by atoms with Crippen LogP contribution < -0.4 is 0 Å². The molecule has 0 bridgehead atoms. The zero-order valence-electron chi connectivity index (χ0n) is 16.4. The van der Waals surface area contributed by atoms with E-state index in [9.17, 15) is 18.6 Å². The Kier molecular flexibility index (Phi) is 5.77. The largest absolute Gasteiger partial charge is 0.389 e. The first kappa shape index (κ1) is 20.5. The Labute approximate surface area is 172 Å². The lowest BCUT2D eigenvalue weighted by Gasteiger charge is -2.37. The Morgan fingerprint density at radius 2 is 1.55 bits per heavy atom. The van der Waals surface area contributed by atoms with Crippen LogP contribution in [0.25, 0.3) is 0 Å². The van der Waals surface area contributed by atoms with Crippen molar-refractivity contribution in [3.63, 3.8) is 0 Å². The molecule has 2 aromatic carbocycles. The molecular formula is C22H28N2O4S. The number of sulfonamides is 1. The summed E-state index contributed by atoms with van der Waals surface area (Å²) in [5.74, 6) is 0.505. The Morgan fingerprint density at radius 1 is 0.966 bits per heavy atom. The van der Waals surface area contributed by atoms with Crippen molar-refractivity contribution in [1.82, 2.24) is 9.21 Å². The quantitative estimate of drug-likeness (QED) is 0.775. The second-order valence-corrected chi connectivity index (χ2v) is 10.1. The van der Waals surface area contributed by atoms with Gasteiger partial charge >= 0.3 is 0 Å². The maximum atomic E-state index is 12.8. The molecule has 0 radical (unpaired) electrons. The number of rotatable bonds is 5. The lowest BCUT2D eigenvalue weighted by atomic mass is 9.88. The molecular weight excluding hydrogens is 388 g/mol. The Morgan fingerprint density at radius 3 is 2.17 bits per heavy atom. The molecule has 0 aromatic heterocycles. The fourth-order valence-corrected chi connectivity index (χ4v) is 5.99. The summed E-state index contributed by atoms with van der Waals surface area (Å²) in [4.78, 5) is 2.32. The van der Waals surface area contributed by atoms with Gasteiger partial charge in [-0.25, -0.2) is 8.42 Å². The minimum atomic E-state index is -3.73. The van der Waals surface area contributed by atoms with Gasteiger partial charge in [0.2, 0.25) is 10.0 Å². The van der Waals surface area contributed by atoms with Crippen LogP contribution in [0.5, 0.6) is 0 Å². The van der Waals surface area contributed by atoms with Gasteiger partial charge in [-0.05, 0) is 49.5 Å². The van der Waals surface area contributed by atoms with Crippen LogP contribution in [0.3, 0.4) is 0 Å². The number of hydrogen-bond donors (Lipinski definition) is 2. The number of benzene rings is 2. The summed E-state index contributed by atoms with van der Waals surface area (Å²) in [6, 6.07) is 18.6. The van der Waals surface area contributed by atoms with E-state index >= 15 is 0 Å². The van der Waals surface area contributed by atoms with Crippen LogP contribution >= 0.6 is 0 Å². The van der Waals surface area contributed by atoms with E-state index in [1.807, 2.05) is 6.07 Å². The summed E-state index contributed by atoms with van der Waals surface area (Å²) in [5, 5.41) is 21.6. The summed E-state index contributed by atoms with van der Waals surface area (Å²) in [5.41, 5.74) is -0.117. The molecule has 156 valence electrons. The fraction of sp³-hybridized carbons (Fsp3) is 0.455. The SMILES string of the molecule is O=S(=O)(c1ccccc1)N1C[C@@H](O)[C@](O)(CN2CCC(c3ccccc3)CC2)C1. The molecule has 2 heterocycles. The van der Waals surface area contributed by atoms with E-state index in [0.717, 1.165) is 25.9 Å². The third kappa shape index (κ3) is 4.25. The lowest BCUT2D eigenvalue weighted by Crippen LogP contribution is -2.53. The molecule has 2 aliphatic heterocycles. The van der Waals surface area contributed by atoms with Gasteiger partial charge in [-0.3, -0.25) is 0 Å². The van der Waals surface area contributed by atoms with Gasteiger partial charge in [0.25, 0.3) is 0 Å². The van der Waals surface area contributed by atoms with Gasteiger partial charge < -0.3 is 15.1 Å². The molecule has 2 fully saturated rings. The second-order valence-electron chi connectivity index (χ2n) is 8.19. The maximum Gasteiger partial charge on any atom is 0.243 e. The normalized spacial score (nSPS) is 27.3. The summed E-state index contributed by atoms with van der Waals surface area (Å²) in [7, 11) is -3.73. The first-order chi connectivity index (χ1) is 13.9. The first-order valence-electron chi connectivity index (χ1n) is 10.1. The fourth-order valence-electron chi connectivity index (χ4n) is 4.45. The summed E-state index contributed by atoms with van der Waals surface area (Å²) < 4.78 is 26.9. The van der Waals surface area contributed by atoms with Gasteiger partial charge in [0.1, 0.15) is 5.60 Å². The van der Waals surface area contributed by atoms with Crippen molar-refractivity contribution in [3.8, 4) is 0 Å². The molecule has 7 heteroatoms. The molecule has 0 saturated carbocycles. The standard InChI is InChI=1S/C22H28N2O4S/c25-21-15-24(29(27,28)20-9-5-2-6-10-20)17-22(21,26)16-23-13-11-19(12-14-23)18-7-3-1-4-8-18/h1-10,19,21,25-26H,11-17H2/t21-,22+/m1/s1. The van der Waals surface area contributed by atoms with Crippen LogP contribution in [0.4, 0.5) is 0 Å². The lowest BCUT2D eigenvalue weighted by molar-refractivity contribution is -0.0639. The highest BCUT2D eigenvalue weighted by Crippen LogP contribution is 2.32. The van der Waals surface area contributed by atoms with E-state index in [2.05, 4.69) is 29.2 Å². The van der Waals surface area contributed by atoms with Crippen LogP contribution in [-0.2, 0) is 10.0 Å². The monoisotopic (exact) mass is 416 g/mol. The number of likely N-dealkylation sites (tertiary alicyclic amines) is 1. The Hall–Kier alpha value is -1.77. The molecule has 2 N–H and O–H groups in total. The van der Waals surface area contributed by atoms with Crippen LogP contribution in [-0.4, -0.2) is 72.3 Å². The zero-order chi connectivity index (χ0) is 20.5. The average Bonchev–Trinajstić information content (AvgIpc) is 3.05. The molecule has 0 spiro atoms. The zero-order valence-corrected chi connectivity index (χ0v) is 17.2. The summed E-state index contributed by atoms with van der Waals surface area (Å²) in [6.45, 7) is 1.73. The van der Waals surface area contributed by atoms with E-state index in [1.54, 1.807) is 18.2 Å². The van der Waals surface area contributed by atoms with E-state index in [1.165, 1.54) is 22.0 Å². The van der Waals surface area contributed by atoms with E-state index in [4.69, 9.17) is 0 Å². The van der Waals surface area contributed by atoms with Gasteiger partial charge in [-0.15, -0.1) is 0 Å². The molecule has 4 rings (SSSR count). The summed E-state index contributed by atoms with van der Waals surface area (Å²) >= 11 is 0. The van der Waals surface area contributed by atoms with E-state index < -0.39 is 21.7 Å². The minimum Gasteiger partial charge on any atom is -0.389 e. The molecule has 2 aliphatic rings. The third-order valence-corrected chi connectivity index (χ3v) is 8.01. The molecule has 2 saturated heterocycles. The smallest absolute Gasteiger partial charge is 0.243 e. The van der Waals surface area contributed by atoms with Gasteiger partial charge in [0.05, 0.1) is 11.0 Å². The van der Waals surface area contributed by atoms with Crippen molar-refractivity contribution in [1.29, 1.82) is 0 Å². The van der Waals surface area contributed by atoms with Crippen molar-refractivity contribution < 1.29 is 18.6 Å². The number of piperidine rings is 1. The van der Waals surface area contributed by atoms with Crippen LogP contribution in [0.2, 0.25) is 0 Å². The highest BCUT2D eigenvalue weighted by Gasteiger charge is 2.49. The van der Waals surface area contributed by atoms with Crippen molar-refractivity contribution in [3.05, 3.63) is 66.2 Å². The van der Waals surface area contributed by atoms with Crippen LogP contribution in [0.1, 0.15) is 24.3 Å². The molecule has 0 aliphatic carbocycles. The minimum absolute atomic E-state index is 0.0891. The topological polar surface area (TPSA) is 81.1 Å². The molecule has 0 amide bonds. The van der Waals surface area contributed by atoms with Crippen LogP contribution in [0.15, 0.2) is 65.6 Å². The highest BCUT2D eigenvalue weighted by atomic mass is 32.2. The van der Waals surface area contributed by atoms with Gasteiger partial charge in [0, 0.05) is 19.6 Å². The molecule has 29 heavy (non-hydrogen) atoms. The van der Waals surface area contributed by atoms with Gasteiger partial charge in [0.15, 0.2) is 0 Å². The Bertz CT molecular complexity index is 914. The molecule has 2 aromatic rings. The molecule has 2 atom stereocenters. The third-order valence-electron chi connectivity index (χ3n) is 6.18. The average molecular weight is 417 g/mol. The number of hydrogen-bond acceptors (Lipinski definition) is 5.